The number of rotatable bonds is 10. The van der Waals surface area contributed by atoms with Crippen molar-refractivity contribution >= 4 is 17.8 Å². The van der Waals surface area contributed by atoms with Crippen LogP contribution in [0.5, 0.6) is 0 Å². The Morgan fingerprint density at radius 3 is 2.73 bits per heavy atom. The molecule has 0 bridgehead atoms. The first kappa shape index (κ1) is 23.4. The summed E-state index contributed by atoms with van der Waals surface area (Å²) >= 11 is 0. The fraction of sp³-hybridized carbons (Fsp3) is 0.522. The van der Waals surface area contributed by atoms with Gasteiger partial charge in [-0.1, -0.05) is 24.6 Å². The number of hydrogen-bond acceptors (Lipinski definition) is 3. The van der Waals surface area contributed by atoms with Crippen LogP contribution in [0.1, 0.15) is 48.5 Å². The molecule has 1 aliphatic heterocycles. The molecule has 0 aliphatic carbocycles. The van der Waals surface area contributed by atoms with Gasteiger partial charge >= 0.3 is 0 Å². The molecule has 7 heteroatoms. The molecule has 0 spiro atoms. The summed E-state index contributed by atoms with van der Waals surface area (Å²) < 4.78 is 0. The molecule has 0 saturated carbocycles. The second-order valence-electron chi connectivity index (χ2n) is 7.50. The highest BCUT2D eigenvalue weighted by atomic mass is 16.2. The minimum atomic E-state index is -0.110. The van der Waals surface area contributed by atoms with Crippen LogP contribution in [-0.2, 0) is 11.3 Å². The Hall–Kier alpha value is -2.83. The first-order valence-electron chi connectivity index (χ1n) is 10.8. The van der Waals surface area contributed by atoms with Crippen LogP contribution in [0.2, 0.25) is 0 Å². The van der Waals surface area contributed by atoms with Crippen LogP contribution >= 0.6 is 0 Å². The van der Waals surface area contributed by atoms with Crippen molar-refractivity contribution in [3.63, 3.8) is 0 Å². The zero-order valence-corrected chi connectivity index (χ0v) is 18.3. The van der Waals surface area contributed by atoms with Gasteiger partial charge < -0.3 is 20.4 Å². The van der Waals surface area contributed by atoms with E-state index in [1.165, 1.54) is 12.8 Å². The van der Waals surface area contributed by atoms with E-state index < -0.39 is 0 Å². The van der Waals surface area contributed by atoms with Gasteiger partial charge in [0.15, 0.2) is 5.96 Å². The van der Waals surface area contributed by atoms with Gasteiger partial charge in [0, 0.05) is 38.8 Å². The van der Waals surface area contributed by atoms with Gasteiger partial charge in [0.05, 0.1) is 13.1 Å². The predicted octanol–water partition coefficient (Wildman–Crippen LogP) is 2.40. The molecule has 0 radical (unpaired) electrons. The van der Waals surface area contributed by atoms with Crippen LogP contribution in [0.3, 0.4) is 0 Å². The van der Waals surface area contributed by atoms with E-state index in [1.807, 2.05) is 30.3 Å². The predicted molar refractivity (Wildman–Crippen MR) is 121 cm³/mol. The summed E-state index contributed by atoms with van der Waals surface area (Å²) in [7, 11) is 2.06. The highest BCUT2D eigenvalue weighted by Gasteiger charge is 2.22. The lowest BCUT2D eigenvalue weighted by Crippen LogP contribution is -2.49. The lowest BCUT2D eigenvalue weighted by molar-refractivity contribution is -0.123. The molecule has 0 aromatic heterocycles. The normalized spacial score (nSPS) is 14.3. The van der Waals surface area contributed by atoms with Crippen molar-refractivity contribution in [2.75, 3.05) is 39.8 Å². The number of guanidine groups is 1. The molecular formula is C23H35N5O2. The summed E-state index contributed by atoms with van der Waals surface area (Å²) in [6.45, 7) is 9.32. The summed E-state index contributed by atoms with van der Waals surface area (Å²) in [4.78, 5) is 32.5. The largest absolute Gasteiger partial charge is 0.357 e. The number of carbonyl (C=O) groups is 2. The third-order valence-electron chi connectivity index (χ3n) is 5.04. The molecule has 0 unspecified atom stereocenters. The first-order valence-corrected chi connectivity index (χ1v) is 10.8. The average Bonchev–Trinajstić information content (AvgIpc) is 2.76. The maximum atomic E-state index is 12.6. The van der Waals surface area contributed by atoms with E-state index in [1.54, 1.807) is 4.90 Å². The monoisotopic (exact) mass is 413 g/mol. The number of nitrogens with zero attached hydrogens (tertiary/aromatic N) is 3. The molecule has 1 heterocycles. The molecule has 0 atom stereocenters. The van der Waals surface area contributed by atoms with E-state index in [0.717, 1.165) is 37.5 Å². The van der Waals surface area contributed by atoms with Crippen molar-refractivity contribution in [3.05, 3.63) is 48.0 Å². The van der Waals surface area contributed by atoms with Crippen LogP contribution in [0.15, 0.2) is 41.9 Å². The minimum absolute atomic E-state index is 0.107. The standard InChI is InChI=1S/C23H35N5O2/c1-4-6-7-8-9-15-27(3)23(24-5-2)26-17-19-10-12-20(13-11-19)22(30)28-16-14-25-21(29)18-28/h4,10-13H,1,5-9,14-18H2,2-3H3,(H,24,26)(H,25,29). The summed E-state index contributed by atoms with van der Waals surface area (Å²) in [6.07, 6.45) is 6.53. The maximum absolute atomic E-state index is 12.6. The van der Waals surface area contributed by atoms with Crippen molar-refractivity contribution < 1.29 is 9.59 Å². The number of carbonyl (C=O) groups excluding carboxylic acids is 2. The van der Waals surface area contributed by atoms with E-state index >= 15 is 0 Å². The zero-order chi connectivity index (χ0) is 21.8. The molecule has 164 valence electrons. The van der Waals surface area contributed by atoms with E-state index in [9.17, 15) is 9.59 Å². The SMILES string of the molecule is C=CCCCCCN(C)C(=NCc1ccc(C(=O)N2CCNC(=O)C2)cc1)NCC. The van der Waals surface area contributed by atoms with Crippen molar-refractivity contribution in [1.82, 2.24) is 20.4 Å². The Kier molecular flexibility index (Phi) is 9.91. The highest BCUT2D eigenvalue weighted by Crippen LogP contribution is 2.10. The molecule has 1 fully saturated rings. The van der Waals surface area contributed by atoms with Crippen molar-refractivity contribution in [3.8, 4) is 0 Å². The maximum Gasteiger partial charge on any atom is 0.254 e. The molecule has 30 heavy (non-hydrogen) atoms. The fourth-order valence-corrected chi connectivity index (χ4v) is 3.30. The Labute approximate surface area is 180 Å². The van der Waals surface area contributed by atoms with Crippen LogP contribution < -0.4 is 10.6 Å². The van der Waals surface area contributed by atoms with Crippen LogP contribution in [0.25, 0.3) is 0 Å². The van der Waals surface area contributed by atoms with E-state index in [4.69, 9.17) is 4.99 Å². The molecular weight excluding hydrogens is 378 g/mol. The van der Waals surface area contributed by atoms with Gasteiger partial charge in [-0.15, -0.1) is 6.58 Å². The summed E-state index contributed by atoms with van der Waals surface area (Å²) in [5.41, 5.74) is 1.64. The molecule has 2 rings (SSSR count). The molecule has 7 nitrogen and oxygen atoms in total. The summed E-state index contributed by atoms with van der Waals surface area (Å²) in [6, 6.07) is 7.49. The van der Waals surface area contributed by atoms with Gasteiger partial charge in [0.1, 0.15) is 0 Å². The van der Waals surface area contributed by atoms with E-state index in [-0.39, 0.29) is 18.4 Å². The lowest BCUT2D eigenvalue weighted by atomic mass is 10.1. The molecule has 1 aromatic rings. The van der Waals surface area contributed by atoms with Gasteiger partial charge in [-0.3, -0.25) is 9.59 Å². The Balaban J connectivity index is 1.91. The summed E-state index contributed by atoms with van der Waals surface area (Å²) in [5.74, 6) is 0.673. The van der Waals surface area contributed by atoms with Crippen LogP contribution in [0, 0.1) is 0 Å². The highest BCUT2D eigenvalue weighted by molar-refractivity contribution is 5.97. The number of benzene rings is 1. The van der Waals surface area contributed by atoms with Crippen LogP contribution in [-0.4, -0.2) is 67.3 Å². The summed E-state index contributed by atoms with van der Waals surface area (Å²) in [5, 5.41) is 6.08. The second-order valence-corrected chi connectivity index (χ2v) is 7.50. The second kappa shape index (κ2) is 12.7. The third kappa shape index (κ3) is 7.54. The number of hydrogen-bond donors (Lipinski definition) is 2. The van der Waals surface area contributed by atoms with Gasteiger partial charge in [-0.25, -0.2) is 4.99 Å². The van der Waals surface area contributed by atoms with Gasteiger partial charge in [-0.2, -0.15) is 0 Å². The van der Waals surface area contributed by atoms with Crippen molar-refractivity contribution in [2.45, 2.75) is 39.2 Å². The Morgan fingerprint density at radius 1 is 1.30 bits per heavy atom. The third-order valence-corrected chi connectivity index (χ3v) is 5.04. The van der Waals surface area contributed by atoms with Gasteiger partial charge in [0.2, 0.25) is 5.91 Å². The smallest absolute Gasteiger partial charge is 0.254 e. The number of aliphatic imine (C=N–C) groups is 1. The number of piperazine rings is 1. The molecule has 2 amide bonds. The Bertz CT molecular complexity index is 730. The quantitative estimate of drug-likeness (QED) is 0.267. The van der Waals surface area contributed by atoms with Gasteiger partial charge in [0.25, 0.3) is 5.91 Å². The number of amides is 2. The fourth-order valence-electron chi connectivity index (χ4n) is 3.30. The molecule has 1 aliphatic rings. The molecule has 1 saturated heterocycles. The zero-order valence-electron chi connectivity index (χ0n) is 18.3. The van der Waals surface area contributed by atoms with Crippen LogP contribution in [0.4, 0.5) is 0 Å². The van der Waals surface area contributed by atoms with Gasteiger partial charge in [-0.05, 0) is 43.9 Å². The lowest BCUT2D eigenvalue weighted by Gasteiger charge is -2.26. The van der Waals surface area contributed by atoms with E-state index in [0.29, 0.717) is 25.2 Å². The minimum Gasteiger partial charge on any atom is -0.357 e. The molecule has 2 N–H and O–H groups in total. The molecule has 1 aromatic carbocycles. The van der Waals surface area contributed by atoms with E-state index in [2.05, 4.69) is 36.1 Å². The number of unbranched alkanes of at least 4 members (excludes halogenated alkanes) is 3. The first-order chi connectivity index (χ1) is 14.5. The van der Waals surface area contributed by atoms with Crippen molar-refractivity contribution in [2.24, 2.45) is 4.99 Å². The topological polar surface area (TPSA) is 77.0 Å². The number of allylic oxidation sites excluding steroid dienone is 1. The Morgan fingerprint density at radius 2 is 2.07 bits per heavy atom. The average molecular weight is 414 g/mol. The van der Waals surface area contributed by atoms with Crippen molar-refractivity contribution in [1.29, 1.82) is 0 Å². The number of nitrogens with one attached hydrogen (secondary N) is 2.